The highest BCUT2D eigenvalue weighted by molar-refractivity contribution is 4.89. The van der Waals surface area contributed by atoms with E-state index >= 15 is 0 Å². The van der Waals surface area contributed by atoms with E-state index < -0.39 is 0 Å². The van der Waals surface area contributed by atoms with Gasteiger partial charge in [0.05, 0.1) is 0 Å². The van der Waals surface area contributed by atoms with Gasteiger partial charge in [-0.3, -0.25) is 0 Å². The Labute approximate surface area is 114 Å². The van der Waals surface area contributed by atoms with E-state index in [2.05, 4.69) is 25.7 Å². The second-order valence-electron chi connectivity index (χ2n) is 6.25. The summed E-state index contributed by atoms with van der Waals surface area (Å²) in [5, 5.41) is 3.76. The maximum absolute atomic E-state index is 3.79. The highest BCUT2D eigenvalue weighted by Gasteiger charge is 2.34. The van der Waals surface area contributed by atoms with Gasteiger partial charge in [-0.25, -0.2) is 0 Å². The Morgan fingerprint density at radius 1 is 1.17 bits per heavy atom. The Balaban J connectivity index is 2.35. The molecule has 0 saturated heterocycles. The Morgan fingerprint density at radius 2 is 1.89 bits per heavy atom. The fourth-order valence-corrected chi connectivity index (χ4v) is 3.47. The van der Waals surface area contributed by atoms with Crippen LogP contribution in [0.3, 0.4) is 0 Å². The molecule has 0 aromatic heterocycles. The molecule has 1 aliphatic carbocycles. The monoisotopic (exact) mass is 251 g/mol. The van der Waals surface area contributed by atoms with Gasteiger partial charge >= 0.3 is 0 Å². The van der Waals surface area contributed by atoms with E-state index in [1.54, 1.807) is 0 Å². The summed E-state index contributed by atoms with van der Waals surface area (Å²) in [5.41, 5.74) is 0.562. The van der Waals surface area contributed by atoms with E-state index in [1.807, 2.05) is 6.08 Å². The van der Waals surface area contributed by atoms with Crippen molar-refractivity contribution >= 4 is 0 Å². The lowest BCUT2D eigenvalue weighted by Gasteiger charge is -2.41. The molecule has 1 saturated carbocycles. The van der Waals surface area contributed by atoms with Crippen LogP contribution in [0.5, 0.6) is 0 Å². The molecular formula is C17H33N. The number of unbranched alkanes of at least 4 members (excludes halogenated alkanes) is 3. The van der Waals surface area contributed by atoms with Gasteiger partial charge in [0, 0.05) is 6.04 Å². The van der Waals surface area contributed by atoms with Crippen molar-refractivity contribution in [1.82, 2.24) is 5.32 Å². The van der Waals surface area contributed by atoms with Gasteiger partial charge < -0.3 is 5.32 Å². The Hall–Kier alpha value is -0.300. The normalized spacial score (nSPS) is 20.6. The Kier molecular flexibility index (Phi) is 7.65. The van der Waals surface area contributed by atoms with E-state index in [0.717, 1.165) is 12.6 Å². The van der Waals surface area contributed by atoms with Crippen LogP contribution in [0.2, 0.25) is 0 Å². The van der Waals surface area contributed by atoms with Gasteiger partial charge in [-0.2, -0.15) is 0 Å². The van der Waals surface area contributed by atoms with E-state index in [4.69, 9.17) is 0 Å². The van der Waals surface area contributed by atoms with Crippen molar-refractivity contribution < 1.29 is 0 Å². The summed E-state index contributed by atoms with van der Waals surface area (Å²) in [7, 11) is 0. The molecule has 0 aliphatic heterocycles. The van der Waals surface area contributed by atoms with Gasteiger partial charge in [-0.1, -0.05) is 52.0 Å². The highest BCUT2D eigenvalue weighted by Crippen LogP contribution is 2.40. The first-order valence-corrected chi connectivity index (χ1v) is 8.07. The largest absolute Gasteiger partial charge is 0.314 e. The third-order valence-corrected chi connectivity index (χ3v) is 4.69. The van der Waals surface area contributed by atoms with Crippen LogP contribution in [-0.2, 0) is 0 Å². The molecule has 0 amide bonds. The molecular weight excluding hydrogens is 218 g/mol. The lowest BCUT2D eigenvalue weighted by Crippen LogP contribution is -2.44. The molecule has 1 nitrogen and oxygen atoms in total. The van der Waals surface area contributed by atoms with Crippen LogP contribution in [0.4, 0.5) is 0 Å². The molecule has 1 N–H and O–H groups in total. The summed E-state index contributed by atoms with van der Waals surface area (Å²) >= 11 is 0. The van der Waals surface area contributed by atoms with Gasteiger partial charge in [-0.15, -0.1) is 6.58 Å². The molecule has 106 valence electrons. The summed E-state index contributed by atoms with van der Waals surface area (Å²) in [6.07, 6.45) is 15.8. The molecule has 18 heavy (non-hydrogen) atoms. The molecule has 1 fully saturated rings. The zero-order valence-corrected chi connectivity index (χ0v) is 12.6. The number of hydrogen-bond donors (Lipinski definition) is 1. The van der Waals surface area contributed by atoms with Crippen LogP contribution in [0.15, 0.2) is 12.7 Å². The van der Waals surface area contributed by atoms with Crippen molar-refractivity contribution in [2.45, 2.75) is 84.1 Å². The molecule has 1 atom stereocenters. The number of allylic oxidation sites excluding steroid dienone is 1. The molecule has 0 bridgehead atoms. The van der Waals surface area contributed by atoms with Crippen molar-refractivity contribution in [3.63, 3.8) is 0 Å². The minimum atomic E-state index is 0.562. The summed E-state index contributed by atoms with van der Waals surface area (Å²) in [6, 6.07) is 0.742. The Morgan fingerprint density at radius 3 is 2.50 bits per heavy atom. The highest BCUT2D eigenvalue weighted by atomic mass is 14.9. The second-order valence-corrected chi connectivity index (χ2v) is 6.25. The Bertz CT molecular complexity index is 216. The van der Waals surface area contributed by atoms with Crippen molar-refractivity contribution in [1.29, 1.82) is 0 Å². The van der Waals surface area contributed by atoms with E-state index in [-0.39, 0.29) is 0 Å². The van der Waals surface area contributed by atoms with Crippen molar-refractivity contribution in [3.8, 4) is 0 Å². The quantitative estimate of drug-likeness (QED) is 0.445. The maximum Gasteiger partial charge on any atom is 0.0121 e. The first kappa shape index (κ1) is 15.8. The zero-order valence-electron chi connectivity index (χ0n) is 12.6. The number of rotatable bonds is 9. The lowest BCUT2D eigenvalue weighted by molar-refractivity contribution is 0.136. The van der Waals surface area contributed by atoms with Gasteiger partial charge in [-0.05, 0) is 44.1 Å². The number of hydrogen-bond acceptors (Lipinski definition) is 1. The SMILES string of the molecule is C=CCCCCCC(NCC)C1(C)CCCCC1. The molecule has 1 heteroatoms. The van der Waals surface area contributed by atoms with Gasteiger partial charge in [0.2, 0.25) is 0 Å². The van der Waals surface area contributed by atoms with Crippen LogP contribution in [-0.4, -0.2) is 12.6 Å². The predicted molar refractivity (Wildman–Crippen MR) is 81.9 cm³/mol. The van der Waals surface area contributed by atoms with Crippen molar-refractivity contribution in [3.05, 3.63) is 12.7 Å². The molecule has 1 unspecified atom stereocenters. The predicted octanol–water partition coefficient (Wildman–Crippen LogP) is 5.07. The average Bonchev–Trinajstić information content (AvgIpc) is 2.38. The van der Waals surface area contributed by atoms with Crippen molar-refractivity contribution in [2.75, 3.05) is 6.54 Å². The van der Waals surface area contributed by atoms with Gasteiger partial charge in [0.25, 0.3) is 0 Å². The smallest absolute Gasteiger partial charge is 0.0121 e. The maximum atomic E-state index is 3.79. The zero-order chi connectivity index (χ0) is 13.3. The number of nitrogens with one attached hydrogen (secondary N) is 1. The summed E-state index contributed by atoms with van der Waals surface area (Å²) in [4.78, 5) is 0. The summed E-state index contributed by atoms with van der Waals surface area (Å²) in [6.45, 7) is 9.68. The first-order chi connectivity index (χ1) is 8.73. The molecule has 1 aliphatic rings. The van der Waals surface area contributed by atoms with Crippen molar-refractivity contribution in [2.24, 2.45) is 5.41 Å². The van der Waals surface area contributed by atoms with Crippen LogP contribution < -0.4 is 5.32 Å². The van der Waals surface area contributed by atoms with Crippen LogP contribution in [0.1, 0.15) is 78.1 Å². The van der Waals surface area contributed by atoms with Crippen LogP contribution >= 0.6 is 0 Å². The van der Waals surface area contributed by atoms with E-state index in [1.165, 1.54) is 64.2 Å². The topological polar surface area (TPSA) is 12.0 Å². The standard InChI is InChI=1S/C17H33N/c1-4-6-7-8-10-13-16(18-5-2)17(3)14-11-9-12-15-17/h4,16,18H,1,5-15H2,2-3H3. The molecule has 0 aromatic carbocycles. The first-order valence-electron chi connectivity index (χ1n) is 8.07. The third-order valence-electron chi connectivity index (χ3n) is 4.69. The minimum absolute atomic E-state index is 0.562. The molecule has 0 heterocycles. The van der Waals surface area contributed by atoms with Gasteiger partial charge in [0.1, 0.15) is 0 Å². The van der Waals surface area contributed by atoms with Crippen LogP contribution in [0.25, 0.3) is 0 Å². The van der Waals surface area contributed by atoms with E-state index in [0.29, 0.717) is 5.41 Å². The molecule has 0 spiro atoms. The minimum Gasteiger partial charge on any atom is -0.314 e. The van der Waals surface area contributed by atoms with Gasteiger partial charge in [0.15, 0.2) is 0 Å². The fraction of sp³-hybridized carbons (Fsp3) is 0.882. The summed E-state index contributed by atoms with van der Waals surface area (Å²) < 4.78 is 0. The average molecular weight is 251 g/mol. The third kappa shape index (κ3) is 5.14. The van der Waals surface area contributed by atoms with E-state index in [9.17, 15) is 0 Å². The fourth-order valence-electron chi connectivity index (χ4n) is 3.47. The summed E-state index contributed by atoms with van der Waals surface area (Å²) in [5.74, 6) is 0. The second kappa shape index (κ2) is 8.74. The van der Waals surface area contributed by atoms with Crippen LogP contribution in [0, 0.1) is 5.41 Å². The molecule has 0 radical (unpaired) electrons. The lowest BCUT2D eigenvalue weighted by atomic mass is 9.69. The molecule has 0 aromatic rings. The molecule has 1 rings (SSSR count).